The van der Waals surface area contributed by atoms with Crippen LogP contribution < -0.4 is 4.72 Å². The smallest absolute Gasteiger partial charge is 0.261 e. The Bertz CT molecular complexity index is 1320. The zero-order valence-corrected chi connectivity index (χ0v) is 15.5. The van der Waals surface area contributed by atoms with E-state index < -0.39 is 10.0 Å². The lowest BCUT2D eigenvalue weighted by Crippen LogP contribution is -2.13. The van der Waals surface area contributed by atoms with Crippen LogP contribution in [-0.2, 0) is 10.0 Å². The van der Waals surface area contributed by atoms with Gasteiger partial charge in [0.1, 0.15) is 0 Å². The molecule has 0 aliphatic carbocycles. The number of benzene rings is 2. The fourth-order valence-electron chi connectivity index (χ4n) is 2.74. The average molecular weight is 390 g/mol. The van der Waals surface area contributed by atoms with E-state index in [1.54, 1.807) is 36.5 Å². The van der Waals surface area contributed by atoms with Crippen LogP contribution in [0.2, 0.25) is 0 Å². The summed E-state index contributed by atoms with van der Waals surface area (Å²) >= 11 is 0. The third-order valence-electron chi connectivity index (χ3n) is 4.17. The Balaban J connectivity index is 1.61. The van der Waals surface area contributed by atoms with E-state index in [1.807, 2.05) is 13.0 Å². The van der Waals surface area contributed by atoms with Crippen LogP contribution in [-0.4, -0.2) is 28.6 Å². The maximum atomic E-state index is 12.5. The highest BCUT2D eigenvalue weighted by Gasteiger charge is 2.15. The third kappa shape index (κ3) is 3.28. The highest BCUT2D eigenvalue weighted by Crippen LogP contribution is 2.23. The van der Waals surface area contributed by atoms with E-state index in [0.29, 0.717) is 17.2 Å². The Hall–Kier alpha value is -3.77. The van der Waals surface area contributed by atoms with E-state index in [1.165, 1.54) is 18.2 Å². The Kier molecular flexibility index (Phi) is 4.25. The maximum Gasteiger partial charge on any atom is 0.261 e. The number of anilines is 1. The highest BCUT2D eigenvalue weighted by atomic mass is 32.2. The molecule has 0 atom stereocenters. The van der Waals surface area contributed by atoms with E-state index in [0.717, 1.165) is 16.6 Å². The van der Waals surface area contributed by atoms with E-state index in [9.17, 15) is 8.42 Å². The van der Waals surface area contributed by atoms with Crippen molar-refractivity contribution in [3.8, 4) is 17.5 Å². The summed E-state index contributed by atoms with van der Waals surface area (Å²) in [4.78, 5) is 8.94. The normalized spacial score (nSPS) is 11.3. The second kappa shape index (κ2) is 6.75. The summed E-state index contributed by atoms with van der Waals surface area (Å²) in [5, 5.41) is 16.6. The van der Waals surface area contributed by atoms with Gasteiger partial charge in [-0.2, -0.15) is 10.4 Å². The number of aromatic nitrogens is 4. The van der Waals surface area contributed by atoms with Gasteiger partial charge in [-0.05, 0) is 49.4 Å². The van der Waals surface area contributed by atoms with Crippen LogP contribution >= 0.6 is 0 Å². The Morgan fingerprint density at radius 3 is 2.64 bits per heavy atom. The number of aryl methyl sites for hydroxylation is 1. The lowest BCUT2D eigenvalue weighted by Gasteiger charge is -2.09. The van der Waals surface area contributed by atoms with Crippen LogP contribution in [0.25, 0.3) is 22.4 Å². The van der Waals surface area contributed by atoms with Crippen molar-refractivity contribution in [1.82, 2.24) is 20.2 Å². The van der Waals surface area contributed by atoms with Crippen LogP contribution in [0, 0.1) is 18.3 Å². The molecule has 0 aliphatic rings. The summed E-state index contributed by atoms with van der Waals surface area (Å²) in [7, 11) is -3.80. The fourth-order valence-corrected chi connectivity index (χ4v) is 3.85. The molecule has 28 heavy (non-hydrogen) atoms. The van der Waals surface area contributed by atoms with E-state index in [2.05, 4.69) is 24.9 Å². The molecule has 0 bridgehead atoms. The minimum atomic E-state index is -3.80. The van der Waals surface area contributed by atoms with E-state index >= 15 is 0 Å². The Labute approximate surface area is 160 Å². The molecule has 0 radical (unpaired) electrons. The second-order valence-electron chi connectivity index (χ2n) is 6.09. The number of fused-ring (bicyclic) bond motifs is 1. The molecule has 0 fully saturated rings. The van der Waals surface area contributed by atoms with Crippen molar-refractivity contribution in [2.24, 2.45) is 0 Å². The zero-order chi connectivity index (χ0) is 19.7. The van der Waals surface area contributed by atoms with Crippen LogP contribution in [0.3, 0.4) is 0 Å². The van der Waals surface area contributed by atoms with Gasteiger partial charge in [0.15, 0.2) is 11.5 Å². The van der Waals surface area contributed by atoms with Crippen LogP contribution in [0.5, 0.6) is 0 Å². The molecule has 8 nitrogen and oxygen atoms in total. The summed E-state index contributed by atoms with van der Waals surface area (Å²) in [6.07, 6.45) is 1.67. The molecule has 0 aliphatic heterocycles. The first-order valence-electron chi connectivity index (χ1n) is 8.27. The average Bonchev–Trinajstić information content (AvgIpc) is 3.18. The van der Waals surface area contributed by atoms with Crippen molar-refractivity contribution in [3.63, 3.8) is 0 Å². The van der Waals surface area contributed by atoms with Crippen LogP contribution in [0.1, 0.15) is 11.3 Å². The third-order valence-corrected chi connectivity index (χ3v) is 5.55. The number of hydrogen-bond donors (Lipinski definition) is 2. The molecule has 2 aromatic carbocycles. The first kappa shape index (κ1) is 17.6. The molecule has 0 saturated heterocycles. The van der Waals surface area contributed by atoms with Gasteiger partial charge in [-0.25, -0.2) is 18.4 Å². The maximum absolute atomic E-state index is 12.5. The SMILES string of the molecule is Cc1nc(-c2ccc(NS(=O)(=O)c3cccc(C#N)c3)cc2)nc2[nH]ncc12. The number of nitriles is 1. The molecule has 2 N–H and O–H groups in total. The molecular formula is C19H14N6O2S. The first-order chi connectivity index (χ1) is 13.5. The lowest BCUT2D eigenvalue weighted by atomic mass is 10.2. The van der Waals surface area contributed by atoms with Crippen LogP contribution in [0.4, 0.5) is 5.69 Å². The molecular weight excluding hydrogens is 376 g/mol. The standard InChI is InChI=1S/C19H14N6O2S/c1-12-17-11-21-24-19(17)23-18(22-12)14-5-7-15(8-6-14)25-28(26,27)16-4-2-3-13(9-16)10-20/h2-9,11,25H,1H3,(H,21,22,23,24). The largest absolute Gasteiger partial charge is 0.280 e. The Morgan fingerprint density at radius 1 is 1.11 bits per heavy atom. The van der Waals surface area contributed by atoms with Gasteiger partial charge in [0.25, 0.3) is 10.0 Å². The number of sulfonamides is 1. The van der Waals surface area contributed by atoms with Gasteiger partial charge in [-0.15, -0.1) is 0 Å². The van der Waals surface area contributed by atoms with Gasteiger partial charge >= 0.3 is 0 Å². The van der Waals surface area contributed by atoms with Crippen molar-refractivity contribution in [3.05, 3.63) is 66.0 Å². The molecule has 0 unspecified atom stereocenters. The molecule has 0 spiro atoms. The fraction of sp³-hybridized carbons (Fsp3) is 0.0526. The van der Waals surface area contributed by atoms with E-state index in [-0.39, 0.29) is 10.5 Å². The second-order valence-corrected chi connectivity index (χ2v) is 7.77. The predicted octanol–water partition coefficient (Wildman–Crippen LogP) is 3.00. The molecule has 0 amide bonds. The molecule has 4 aromatic rings. The molecule has 4 rings (SSSR count). The molecule has 0 saturated carbocycles. The number of nitrogens with zero attached hydrogens (tertiary/aromatic N) is 4. The Morgan fingerprint density at radius 2 is 1.89 bits per heavy atom. The van der Waals surface area contributed by atoms with Gasteiger partial charge in [0.2, 0.25) is 0 Å². The number of rotatable bonds is 4. The van der Waals surface area contributed by atoms with Crippen molar-refractivity contribution in [2.45, 2.75) is 11.8 Å². The van der Waals surface area contributed by atoms with E-state index in [4.69, 9.17) is 5.26 Å². The monoisotopic (exact) mass is 390 g/mol. The minimum Gasteiger partial charge on any atom is -0.280 e. The predicted molar refractivity (Wildman–Crippen MR) is 104 cm³/mol. The van der Waals surface area contributed by atoms with Crippen molar-refractivity contribution < 1.29 is 8.42 Å². The summed E-state index contributed by atoms with van der Waals surface area (Å²) in [6.45, 7) is 1.88. The number of hydrogen-bond acceptors (Lipinski definition) is 6. The van der Waals surface area contributed by atoms with Crippen molar-refractivity contribution in [2.75, 3.05) is 4.72 Å². The van der Waals surface area contributed by atoms with Gasteiger partial charge in [0.05, 0.1) is 33.8 Å². The number of nitrogens with one attached hydrogen (secondary N) is 2. The minimum absolute atomic E-state index is 0.0271. The summed E-state index contributed by atoms with van der Waals surface area (Å²) in [5.74, 6) is 0.519. The topological polar surface area (TPSA) is 124 Å². The zero-order valence-electron chi connectivity index (χ0n) is 14.7. The van der Waals surface area contributed by atoms with Gasteiger partial charge in [-0.3, -0.25) is 9.82 Å². The molecule has 9 heteroatoms. The lowest BCUT2D eigenvalue weighted by molar-refractivity contribution is 0.601. The van der Waals surface area contributed by atoms with Gasteiger partial charge in [0, 0.05) is 11.3 Å². The molecule has 2 aromatic heterocycles. The first-order valence-corrected chi connectivity index (χ1v) is 9.76. The quantitative estimate of drug-likeness (QED) is 0.552. The highest BCUT2D eigenvalue weighted by molar-refractivity contribution is 7.92. The van der Waals surface area contributed by atoms with Gasteiger partial charge in [-0.1, -0.05) is 6.07 Å². The van der Waals surface area contributed by atoms with Crippen LogP contribution in [0.15, 0.2) is 59.6 Å². The molecule has 138 valence electrons. The number of H-pyrrole nitrogens is 1. The summed E-state index contributed by atoms with van der Waals surface area (Å²) < 4.78 is 27.6. The summed E-state index contributed by atoms with van der Waals surface area (Å²) in [5.41, 5.74) is 2.86. The molecule has 2 heterocycles. The van der Waals surface area contributed by atoms with Crippen molar-refractivity contribution in [1.29, 1.82) is 5.26 Å². The van der Waals surface area contributed by atoms with Gasteiger partial charge < -0.3 is 0 Å². The van der Waals surface area contributed by atoms with Crippen molar-refractivity contribution >= 4 is 26.7 Å². The number of aromatic amines is 1. The summed E-state index contributed by atoms with van der Waals surface area (Å²) in [6, 6.07) is 14.5.